The van der Waals surface area contributed by atoms with E-state index in [0.717, 1.165) is 30.0 Å². The Kier molecular flexibility index (Phi) is 7.41. The van der Waals surface area contributed by atoms with Gasteiger partial charge in [-0.1, -0.05) is 37.6 Å². The Labute approximate surface area is 196 Å². The highest BCUT2D eigenvalue weighted by Gasteiger charge is 2.49. The lowest BCUT2D eigenvalue weighted by Crippen LogP contribution is -2.42. The van der Waals surface area contributed by atoms with Crippen molar-refractivity contribution in [2.45, 2.75) is 59.0 Å². The Morgan fingerprint density at radius 1 is 1.06 bits per heavy atom. The molecule has 3 rings (SSSR count). The van der Waals surface area contributed by atoms with Crippen LogP contribution in [0, 0.1) is 0 Å². The lowest BCUT2D eigenvalue weighted by molar-refractivity contribution is -0.133. The minimum Gasteiger partial charge on any atom is -0.369 e. The molecule has 0 aliphatic carbocycles. The number of anilines is 2. The topological polar surface area (TPSA) is 81.8 Å². The number of nitrogens with zero attached hydrogens (tertiary/aromatic N) is 2. The predicted octanol–water partition coefficient (Wildman–Crippen LogP) is 4.28. The third-order valence-electron chi connectivity index (χ3n) is 6.09. The minimum atomic E-state index is -1.19. The van der Waals surface area contributed by atoms with Gasteiger partial charge in [0.1, 0.15) is 12.1 Å². The summed E-state index contributed by atoms with van der Waals surface area (Å²) in [5, 5.41) is 5.54. The van der Waals surface area contributed by atoms with Gasteiger partial charge in [0.25, 0.3) is 5.91 Å². The Morgan fingerprint density at radius 3 is 2.24 bits per heavy atom. The van der Waals surface area contributed by atoms with E-state index in [1.807, 2.05) is 48.5 Å². The molecule has 0 saturated carbocycles. The summed E-state index contributed by atoms with van der Waals surface area (Å²) in [4.78, 5) is 41.5. The summed E-state index contributed by atoms with van der Waals surface area (Å²) in [6, 6.07) is 15.0. The summed E-state index contributed by atoms with van der Waals surface area (Å²) in [7, 11) is 0. The molecule has 0 aromatic heterocycles. The van der Waals surface area contributed by atoms with E-state index in [4.69, 9.17) is 0 Å². The molecule has 1 fully saturated rings. The molecule has 1 saturated heterocycles. The number of carbonyl (C=O) groups is 3. The second kappa shape index (κ2) is 10.1. The third kappa shape index (κ3) is 5.18. The van der Waals surface area contributed by atoms with Crippen molar-refractivity contribution in [3.05, 3.63) is 59.7 Å². The van der Waals surface area contributed by atoms with E-state index >= 15 is 0 Å². The SMILES string of the molecule is CCCc1ccc(C2(C)NC(=O)N(CC(=O)Nc3ccc(N(CC)C(C)C)cc3)C2=O)cc1. The van der Waals surface area contributed by atoms with Gasteiger partial charge in [-0.15, -0.1) is 0 Å². The summed E-state index contributed by atoms with van der Waals surface area (Å²) in [5.41, 5.74) is 2.37. The fourth-order valence-electron chi connectivity index (χ4n) is 4.26. The highest BCUT2D eigenvalue weighted by Crippen LogP contribution is 2.29. The number of imide groups is 1. The highest BCUT2D eigenvalue weighted by molar-refractivity contribution is 6.10. The Morgan fingerprint density at radius 2 is 1.70 bits per heavy atom. The van der Waals surface area contributed by atoms with Crippen LogP contribution in [0.25, 0.3) is 0 Å². The first-order valence-corrected chi connectivity index (χ1v) is 11.6. The van der Waals surface area contributed by atoms with Gasteiger partial charge in [0.15, 0.2) is 0 Å². The zero-order valence-corrected chi connectivity index (χ0v) is 20.1. The number of hydrogen-bond acceptors (Lipinski definition) is 4. The molecular weight excluding hydrogens is 416 g/mol. The van der Waals surface area contributed by atoms with E-state index in [9.17, 15) is 14.4 Å². The molecular formula is C26H34N4O3. The molecule has 7 heteroatoms. The Hall–Kier alpha value is -3.35. The first-order chi connectivity index (χ1) is 15.7. The van der Waals surface area contributed by atoms with E-state index in [2.05, 4.69) is 43.2 Å². The quantitative estimate of drug-likeness (QED) is 0.559. The zero-order chi connectivity index (χ0) is 24.2. The predicted molar refractivity (Wildman–Crippen MR) is 131 cm³/mol. The van der Waals surface area contributed by atoms with Crippen LogP contribution in [0.2, 0.25) is 0 Å². The largest absolute Gasteiger partial charge is 0.369 e. The number of amides is 4. The minimum absolute atomic E-state index is 0.344. The first-order valence-electron chi connectivity index (χ1n) is 11.6. The van der Waals surface area contributed by atoms with Crippen molar-refractivity contribution >= 4 is 29.2 Å². The second-order valence-electron chi connectivity index (χ2n) is 8.87. The number of carbonyl (C=O) groups excluding carboxylic acids is 3. The lowest BCUT2D eigenvalue weighted by Gasteiger charge is -2.27. The maximum absolute atomic E-state index is 13.1. The third-order valence-corrected chi connectivity index (χ3v) is 6.09. The van der Waals surface area contributed by atoms with Gasteiger partial charge >= 0.3 is 6.03 Å². The number of rotatable bonds is 9. The van der Waals surface area contributed by atoms with E-state index in [-0.39, 0.29) is 6.54 Å². The monoisotopic (exact) mass is 450 g/mol. The number of benzene rings is 2. The lowest BCUT2D eigenvalue weighted by atomic mass is 9.91. The average Bonchev–Trinajstić information content (AvgIpc) is 2.99. The van der Waals surface area contributed by atoms with Crippen LogP contribution >= 0.6 is 0 Å². The van der Waals surface area contributed by atoms with Gasteiger partial charge in [-0.2, -0.15) is 0 Å². The van der Waals surface area contributed by atoms with Crippen LogP contribution in [0.4, 0.5) is 16.2 Å². The van der Waals surface area contributed by atoms with Gasteiger partial charge in [0.2, 0.25) is 5.91 Å². The smallest absolute Gasteiger partial charge is 0.325 e. The summed E-state index contributed by atoms with van der Waals surface area (Å²) in [6.45, 7) is 10.7. The number of hydrogen-bond donors (Lipinski definition) is 2. The van der Waals surface area contributed by atoms with Crippen LogP contribution < -0.4 is 15.5 Å². The molecule has 1 unspecified atom stereocenters. The number of aryl methyl sites for hydroxylation is 1. The van der Waals surface area contributed by atoms with E-state index in [0.29, 0.717) is 17.3 Å². The molecule has 7 nitrogen and oxygen atoms in total. The Balaban J connectivity index is 1.66. The average molecular weight is 451 g/mol. The molecule has 2 aromatic rings. The molecule has 4 amide bonds. The molecule has 1 aliphatic heterocycles. The van der Waals surface area contributed by atoms with Gasteiger partial charge < -0.3 is 15.5 Å². The van der Waals surface area contributed by atoms with Crippen molar-refractivity contribution in [1.82, 2.24) is 10.2 Å². The summed E-state index contributed by atoms with van der Waals surface area (Å²) in [5.74, 6) is -0.859. The van der Waals surface area contributed by atoms with Gasteiger partial charge in [-0.3, -0.25) is 14.5 Å². The van der Waals surface area contributed by atoms with Crippen molar-refractivity contribution in [3.63, 3.8) is 0 Å². The Bertz CT molecular complexity index is 1000. The second-order valence-corrected chi connectivity index (χ2v) is 8.87. The molecule has 1 aliphatic rings. The molecule has 33 heavy (non-hydrogen) atoms. The molecule has 176 valence electrons. The van der Waals surface area contributed by atoms with Crippen molar-refractivity contribution < 1.29 is 14.4 Å². The van der Waals surface area contributed by atoms with Crippen LogP contribution in [0.15, 0.2) is 48.5 Å². The van der Waals surface area contributed by atoms with Crippen LogP contribution in [0.1, 0.15) is 52.2 Å². The highest BCUT2D eigenvalue weighted by atomic mass is 16.2. The number of nitrogens with one attached hydrogen (secondary N) is 2. The fraction of sp³-hybridized carbons (Fsp3) is 0.423. The van der Waals surface area contributed by atoms with Gasteiger partial charge in [0, 0.05) is 24.0 Å². The van der Waals surface area contributed by atoms with E-state index < -0.39 is 23.4 Å². The van der Waals surface area contributed by atoms with Crippen LogP contribution in [0.5, 0.6) is 0 Å². The maximum atomic E-state index is 13.1. The summed E-state index contributed by atoms with van der Waals surface area (Å²) in [6.07, 6.45) is 1.99. The molecule has 2 aromatic carbocycles. The van der Waals surface area contributed by atoms with E-state index in [1.165, 1.54) is 5.56 Å². The molecule has 0 radical (unpaired) electrons. The fourth-order valence-corrected chi connectivity index (χ4v) is 4.26. The van der Waals surface area contributed by atoms with Crippen molar-refractivity contribution in [1.29, 1.82) is 0 Å². The van der Waals surface area contributed by atoms with Crippen molar-refractivity contribution in [2.75, 3.05) is 23.3 Å². The maximum Gasteiger partial charge on any atom is 0.325 e. The van der Waals surface area contributed by atoms with Gasteiger partial charge in [-0.05, 0) is 69.5 Å². The van der Waals surface area contributed by atoms with Gasteiger partial charge in [-0.25, -0.2) is 4.79 Å². The van der Waals surface area contributed by atoms with Crippen LogP contribution in [-0.4, -0.2) is 41.9 Å². The summed E-state index contributed by atoms with van der Waals surface area (Å²) < 4.78 is 0. The normalized spacial score (nSPS) is 17.9. The first kappa shape index (κ1) is 24.3. The molecule has 1 atom stereocenters. The number of urea groups is 1. The summed E-state index contributed by atoms with van der Waals surface area (Å²) >= 11 is 0. The molecule has 0 bridgehead atoms. The molecule has 1 heterocycles. The molecule has 0 spiro atoms. The van der Waals surface area contributed by atoms with Crippen molar-refractivity contribution in [3.8, 4) is 0 Å². The van der Waals surface area contributed by atoms with Crippen LogP contribution in [0.3, 0.4) is 0 Å². The van der Waals surface area contributed by atoms with Gasteiger partial charge in [0.05, 0.1) is 0 Å². The van der Waals surface area contributed by atoms with Crippen molar-refractivity contribution in [2.24, 2.45) is 0 Å². The molecule has 2 N–H and O–H groups in total. The zero-order valence-electron chi connectivity index (χ0n) is 20.1. The van der Waals surface area contributed by atoms with Crippen LogP contribution in [-0.2, 0) is 21.5 Å². The standard InChI is InChI=1S/C26H34N4O3/c1-6-8-19-9-11-20(12-10-19)26(5)24(32)30(25(33)28-26)17-23(31)27-21-13-15-22(16-14-21)29(7-2)18(3)4/h9-16,18H,6-8,17H2,1-5H3,(H,27,31)(H,28,33). The van der Waals surface area contributed by atoms with E-state index in [1.54, 1.807) is 6.92 Å².